The summed E-state index contributed by atoms with van der Waals surface area (Å²) in [4.78, 5) is 14.8. The van der Waals surface area contributed by atoms with Gasteiger partial charge in [0.25, 0.3) is 5.91 Å². The number of halogens is 1. The summed E-state index contributed by atoms with van der Waals surface area (Å²) < 4.78 is 11.7. The summed E-state index contributed by atoms with van der Waals surface area (Å²) in [6.07, 6.45) is 0.801. The maximum absolute atomic E-state index is 12.9. The van der Waals surface area contributed by atoms with Crippen LogP contribution in [-0.4, -0.2) is 31.1 Å². The van der Waals surface area contributed by atoms with E-state index in [-0.39, 0.29) is 11.9 Å². The SMILES string of the molecule is COc1cc2c(cc1OC)CN(C(=O)c1cccc(Br)c1)C(C)C2. The predicted molar refractivity (Wildman–Crippen MR) is 96.7 cm³/mol. The fraction of sp³-hybridized carbons (Fsp3) is 0.316. The Morgan fingerprint density at radius 3 is 2.42 bits per heavy atom. The van der Waals surface area contributed by atoms with Gasteiger partial charge in [-0.3, -0.25) is 4.79 Å². The van der Waals surface area contributed by atoms with E-state index in [1.807, 2.05) is 41.3 Å². The Balaban J connectivity index is 1.92. The van der Waals surface area contributed by atoms with Crippen LogP contribution in [0.25, 0.3) is 0 Å². The lowest BCUT2D eigenvalue weighted by molar-refractivity contribution is 0.0658. The summed E-state index contributed by atoms with van der Waals surface area (Å²) in [6, 6.07) is 11.6. The summed E-state index contributed by atoms with van der Waals surface area (Å²) in [5, 5.41) is 0. The minimum absolute atomic E-state index is 0.0456. The van der Waals surface area contributed by atoms with Crippen molar-refractivity contribution in [1.82, 2.24) is 4.90 Å². The van der Waals surface area contributed by atoms with Gasteiger partial charge in [-0.25, -0.2) is 0 Å². The molecule has 1 unspecified atom stereocenters. The number of fused-ring (bicyclic) bond motifs is 1. The maximum Gasteiger partial charge on any atom is 0.254 e. The number of amides is 1. The molecule has 0 saturated carbocycles. The first kappa shape index (κ1) is 16.8. The van der Waals surface area contributed by atoms with Crippen molar-refractivity contribution in [3.8, 4) is 11.5 Å². The van der Waals surface area contributed by atoms with E-state index in [9.17, 15) is 4.79 Å². The molecule has 1 aliphatic heterocycles. The standard InChI is InChI=1S/C19H20BrNO3/c1-12-7-14-9-17(23-2)18(24-3)10-15(14)11-21(12)19(22)13-5-4-6-16(20)8-13/h4-6,8-10,12H,7,11H2,1-3H3. The predicted octanol–water partition coefficient (Wildman–Crippen LogP) is 4.05. The van der Waals surface area contributed by atoms with Gasteiger partial charge in [-0.15, -0.1) is 0 Å². The number of benzene rings is 2. The Bertz CT molecular complexity index is 775. The third-order valence-electron chi connectivity index (χ3n) is 4.43. The zero-order chi connectivity index (χ0) is 17.3. The van der Waals surface area contributed by atoms with E-state index in [0.29, 0.717) is 17.9 Å². The molecular formula is C19H20BrNO3. The molecule has 3 rings (SSSR count). The second-order valence-corrected chi connectivity index (χ2v) is 6.89. The van der Waals surface area contributed by atoms with Gasteiger partial charge in [0.1, 0.15) is 0 Å². The quantitative estimate of drug-likeness (QED) is 0.794. The molecule has 0 N–H and O–H groups in total. The first-order chi connectivity index (χ1) is 11.5. The lowest BCUT2D eigenvalue weighted by Gasteiger charge is -2.35. The van der Waals surface area contributed by atoms with Crippen LogP contribution in [0.15, 0.2) is 40.9 Å². The molecule has 1 heterocycles. The van der Waals surface area contributed by atoms with Gasteiger partial charge in [0.2, 0.25) is 0 Å². The largest absolute Gasteiger partial charge is 0.493 e. The number of ether oxygens (including phenoxy) is 2. The molecule has 1 aliphatic rings. The molecule has 0 saturated heterocycles. The Labute approximate surface area is 150 Å². The van der Waals surface area contributed by atoms with Crippen LogP contribution in [0, 0.1) is 0 Å². The number of hydrogen-bond acceptors (Lipinski definition) is 3. The van der Waals surface area contributed by atoms with Gasteiger partial charge in [0.05, 0.1) is 14.2 Å². The summed E-state index contributed by atoms with van der Waals surface area (Å²) in [7, 11) is 3.26. The monoisotopic (exact) mass is 389 g/mol. The molecule has 2 aromatic carbocycles. The van der Waals surface area contributed by atoms with Crippen molar-refractivity contribution in [2.45, 2.75) is 25.9 Å². The number of hydrogen-bond donors (Lipinski definition) is 0. The van der Waals surface area contributed by atoms with Crippen molar-refractivity contribution in [3.05, 3.63) is 57.6 Å². The molecule has 0 fully saturated rings. The Kier molecular flexibility index (Phi) is 4.81. The summed E-state index contributed by atoms with van der Waals surface area (Å²) >= 11 is 3.43. The molecule has 5 heteroatoms. The van der Waals surface area contributed by atoms with Crippen LogP contribution in [0.2, 0.25) is 0 Å². The molecule has 2 aromatic rings. The highest BCUT2D eigenvalue weighted by molar-refractivity contribution is 9.10. The first-order valence-electron chi connectivity index (χ1n) is 7.83. The second kappa shape index (κ2) is 6.85. The van der Waals surface area contributed by atoms with E-state index in [2.05, 4.69) is 22.9 Å². The number of carbonyl (C=O) groups excluding carboxylic acids is 1. The van der Waals surface area contributed by atoms with E-state index in [1.165, 1.54) is 5.56 Å². The van der Waals surface area contributed by atoms with E-state index >= 15 is 0 Å². The molecular weight excluding hydrogens is 370 g/mol. The molecule has 0 aromatic heterocycles. The van der Waals surface area contributed by atoms with Crippen LogP contribution in [0.5, 0.6) is 11.5 Å². The third-order valence-corrected chi connectivity index (χ3v) is 4.92. The van der Waals surface area contributed by atoms with Crippen LogP contribution in [0.1, 0.15) is 28.4 Å². The van der Waals surface area contributed by atoms with E-state index in [1.54, 1.807) is 14.2 Å². The highest BCUT2D eigenvalue weighted by atomic mass is 79.9. The summed E-state index contributed by atoms with van der Waals surface area (Å²) in [5.74, 6) is 1.47. The summed E-state index contributed by atoms with van der Waals surface area (Å²) in [5.41, 5.74) is 3.01. The van der Waals surface area contributed by atoms with Gasteiger partial charge >= 0.3 is 0 Å². The number of methoxy groups -OCH3 is 2. The van der Waals surface area contributed by atoms with Crippen molar-refractivity contribution in [1.29, 1.82) is 0 Å². The molecule has 24 heavy (non-hydrogen) atoms. The molecule has 1 atom stereocenters. The zero-order valence-electron chi connectivity index (χ0n) is 14.0. The van der Waals surface area contributed by atoms with Gasteiger partial charge in [-0.05, 0) is 54.8 Å². The van der Waals surface area contributed by atoms with Crippen molar-refractivity contribution < 1.29 is 14.3 Å². The van der Waals surface area contributed by atoms with Gasteiger partial charge in [-0.1, -0.05) is 22.0 Å². The highest BCUT2D eigenvalue weighted by Crippen LogP contribution is 2.35. The normalized spacial score (nSPS) is 16.5. The Morgan fingerprint density at radius 2 is 1.79 bits per heavy atom. The molecule has 0 aliphatic carbocycles. The second-order valence-electron chi connectivity index (χ2n) is 5.97. The van der Waals surface area contributed by atoms with Gasteiger partial charge in [0, 0.05) is 22.6 Å². The van der Waals surface area contributed by atoms with Crippen molar-refractivity contribution in [2.75, 3.05) is 14.2 Å². The zero-order valence-corrected chi connectivity index (χ0v) is 15.6. The van der Waals surface area contributed by atoms with Crippen LogP contribution < -0.4 is 9.47 Å². The van der Waals surface area contributed by atoms with Crippen molar-refractivity contribution in [2.24, 2.45) is 0 Å². The fourth-order valence-corrected chi connectivity index (χ4v) is 3.53. The minimum atomic E-state index is 0.0456. The molecule has 0 radical (unpaired) electrons. The van der Waals surface area contributed by atoms with Gasteiger partial charge < -0.3 is 14.4 Å². The van der Waals surface area contributed by atoms with Crippen molar-refractivity contribution >= 4 is 21.8 Å². The average Bonchev–Trinajstić information content (AvgIpc) is 2.59. The maximum atomic E-state index is 12.9. The number of rotatable bonds is 3. The highest BCUT2D eigenvalue weighted by Gasteiger charge is 2.28. The Hall–Kier alpha value is -2.01. The van der Waals surface area contributed by atoms with E-state index in [0.717, 1.165) is 22.2 Å². The van der Waals surface area contributed by atoms with Crippen LogP contribution in [-0.2, 0) is 13.0 Å². The molecule has 126 valence electrons. The lowest BCUT2D eigenvalue weighted by atomic mass is 9.93. The third kappa shape index (κ3) is 3.13. The van der Waals surface area contributed by atoms with Crippen LogP contribution in [0.3, 0.4) is 0 Å². The number of carbonyl (C=O) groups is 1. The average molecular weight is 390 g/mol. The van der Waals surface area contributed by atoms with Crippen LogP contribution in [0.4, 0.5) is 0 Å². The fourth-order valence-electron chi connectivity index (χ4n) is 3.13. The van der Waals surface area contributed by atoms with Crippen LogP contribution >= 0.6 is 15.9 Å². The lowest BCUT2D eigenvalue weighted by Crippen LogP contribution is -2.42. The van der Waals surface area contributed by atoms with Gasteiger partial charge in [-0.2, -0.15) is 0 Å². The molecule has 1 amide bonds. The van der Waals surface area contributed by atoms with E-state index in [4.69, 9.17) is 9.47 Å². The molecule has 4 nitrogen and oxygen atoms in total. The smallest absolute Gasteiger partial charge is 0.254 e. The first-order valence-corrected chi connectivity index (χ1v) is 8.63. The minimum Gasteiger partial charge on any atom is -0.493 e. The molecule has 0 spiro atoms. The molecule has 0 bridgehead atoms. The van der Waals surface area contributed by atoms with E-state index < -0.39 is 0 Å². The Morgan fingerprint density at radius 1 is 1.12 bits per heavy atom. The number of nitrogens with zero attached hydrogens (tertiary/aromatic N) is 1. The topological polar surface area (TPSA) is 38.8 Å². The summed E-state index contributed by atoms with van der Waals surface area (Å²) in [6.45, 7) is 2.65. The van der Waals surface area contributed by atoms with Crippen molar-refractivity contribution in [3.63, 3.8) is 0 Å². The van der Waals surface area contributed by atoms with Gasteiger partial charge in [0.15, 0.2) is 11.5 Å².